The first-order valence-corrected chi connectivity index (χ1v) is 10.8. The molecule has 0 radical (unpaired) electrons. The van der Waals surface area contributed by atoms with Crippen molar-refractivity contribution in [2.24, 2.45) is 0 Å². The van der Waals surface area contributed by atoms with E-state index in [2.05, 4.69) is 0 Å². The molecule has 0 atom stereocenters. The fourth-order valence-corrected chi connectivity index (χ4v) is 4.54. The summed E-state index contributed by atoms with van der Waals surface area (Å²) in [6.07, 6.45) is 0. The molecule has 0 unspecified atom stereocenters. The highest BCUT2D eigenvalue weighted by Gasteiger charge is 2.23. The van der Waals surface area contributed by atoms with Crippen molar-refractivity contribution in [3.63, 3.8) is 0 Å². The van der Waals surface area contributed by atoms with Gasteiger partial charge in [-0.3, -0.25) is 9.36 Å². The second kappa shape index (κ2) is 8.07. The van der Waals surface area contributed by atoms with Gasteiger partial charge in [-0.05, 0) is 48.5 Å². The molecule has 164 valence electrons. The average Bonchev–Trinajstić information content (AvgIpc) is 2.83. The number of nitrogen functional groups attached to an aromatic ring is 1. The quantitative estimate of drug-likeness (QED) is 0.301. The summed E-state index contributed by atoms with van der Waals surface area (Å²) in [4.78, 5) is 27.1. The molecule has 3 N–H and O–H groups in total. The van der Waals surface area contributed by atoms with Crippen LogP contribution in [0.3, 0.4) is 0 Å². The average molecular weight is 458 g/mol. The minimum atomic E-state index is -0.740. The molecule has 0 saturated heterocycles. The van der Waals surface area contributed by atoms with Gasteiger partial charge in [-0.1, -0.05) is 30.0 Å². The van der Waals surface area contributed by atoms with Crippen molar-refractivity contribution in [2.45, 2.75) is 9.79 Å². The molecular formula is C25H18N2O5S. The largest absolute Gasteiger partial charge is 0.505 e. The molecule has 0 amide bonds. The topological polar surface area (TPSA) is 108 Å². The third-order valence-electron chi connectivity index (χ3n) is 5.28. The van der Waals surface area contributed by atoms with Crippen molar-refractivity contribution >= 4 is 39.3 Å². The molecule has 0 fully saturated rings. The Morgan fingerprint density at radius 3 is 2.42 bits per heavy atom. The number of nitrogens with zero attached hydrogens (tertiary/aromatic N) is 1. The minimum absolute atomic E-state index is 0.0222. The number of aromatic hydroxyl groups is 1. The van der Waals surface area contributed by atoms with Crippen LogP contribution in [0, 0.1) is 0 Å². The van der Waals surface area contributed by atoms with Crippen molar-refractivity contribution in [3.8, 4) is 17.2 Å². The second-order valence-electron chi connectivity index (χ2n) is 7.30. The van der Waals surface area contributed by atoms with Gasteiger partial charge in [0.2, 0.25) is 0 Å². The van der Waals surface area contributed by atoms with Gasteiger partial charge in [0.1, 0.15) is 16.0 Å². The van der Waals surface area contributed by atoms with Crippen LogP contribution in [0.1, 0.15) is 0 Å². The zero-order chi connectivity index (χ0) is 23.1. The summed E-state index contributed by atoms with van der Waals surface area (Å²) in [5.74, 6) is 0.114. The number of pyridine rings is 1. The number of methoxy groups -OCH3 is 1. The van der Waals surface area contributed by atoms with Crippen molar-refractivity contribution in [2.75, 3.05) is 12.8 Å². The van der Waals surface area contributed by atoms with E-state index >= 15 is 0 Å². The maximum Gasteiger partial charge on any atom is 0.354 e. The van der Waals surface area contributed by atoms with Gasteiger partial charge >= 0.3 is 5.63 Å². The lowest BCUT2D eigenvalue weighted by Gasteiger charge is -2.15. The molecule has 0 spiro atoms. The van der Waals surface area contributed by atoms with E-state index in [0.29, 0.717) is 32.9 Å². The van der Waals surface area contributed by atoms with Gasteiger partial charge < -0.3 is 20.0 Å². The van der Waals surface area contributed by atoms with Crippen LogP contribution in [0.5, 0.6) is 11.5 Å². The zero-order valence-corrected chi connectivity index (χ0v) is 18.3. The van der Waals surface area contributed by atoms with Gasteiger partial charge in [0.25, 0.3) is 5.56 Å². The van der Waals surface area contributed by atoms with Crippen LogP contribution in [0.15, 0.2) is 96.6 Å². The number of anilines is 1. The number of nitrogens with two attached hydrogens (primary N) is 1. The summed E-state index contributed by atoms with van der Waals surface area (Å²) in [5, 5.41) is 11.5. The summed E-state index contributed by atoms with van der Waals surface area (Å²) in [5.41, 5.74) is 6.15. The van der Waals surface area contributed by atoms with Crippen LogP contribution in [-0.4, -0.2) is 16.8 Å². The standard InChI is InChI=1S/C25H18N2O5S/c1-31-16-9-12-18-19(13-16)27(15-5-3-2-4-6-15)24(29)20-21(28)23(25(30)32-22(18)20)33-17-10-7-14(26)8-11-17/h2-13,28H,26H2,1H3. The highest BCUT2D eigenvalue weighted by molar-refractivity contribution is 7.99. The smallest absolute Gasteiger partial charge is 0.354 e. The van der Waals surface area contributed by atoms with Crippen molar-refractivity contribution in [1.29, 1.82) is 0 Å². The first-order valence-electron chi connectivity index (χ1n) is 9.99. The number of hydrogen-bond acceptors (Lipinski definition) is 7. The minimum Gasteiger partial charge on any atom is -0.505 e. The number of para-hydroxylation sites is 1. The van der Waals surface area contributed by atoms with Crippen molar-refractivity contribution in [3.05, 3.63) is 93.6 Å². The van der Waals surface area contributed by atoms with Crippen LogP contribution in [-0.2, 0) is 0 Å². The van der Waals surface area contributed by atoms with E-state index in [9.17, 15) is 14.7 Å². The monoisotopic (exact) mass is 458 g/mol. The molecule has 33 heavy (non-hydrogen) atoms. The molecular weight excluding hydrogens is 440 g/mol. The maximum absolute atomic E-state index is 13.7. The lowest BCUT2D eigenvalue weighted by Crippen LogP contribution is -2.20. The number of hydrogen-bond donors (Lipinski definition) is 2. The number of fused-ring (bicyclic) bond motifs is 3. The Bertz CT molecular complexity index is 1620. The third-order valence-corrected chi connectivity index (χ3v) is 6.35. The zero-order valence-electron chi connectivity index (χ0n) is 17.4. The van der Waals surface area contributed by atoms with Crippen molar-refractivity contribution < 1.29 is 14.3 Å². The number of ether oxygens (including phenoxy) is 1. The molecule has 7 nitrogen and oxygen atoms in total. The van der Waals surface area contributed by atoms with Gasteiger partial charge in [-0.15, -0.1) is 0 Å². The molecule has 0 aliphatic heterocycles. The Kier molecular flexibility index (Phi) is 5.07. The predicted octanol–water partition coefficient (Wildman–Crippen LogP) is 4.54. The summed E-state index contributed by atoms with van der Waals surface area (Å²) in [7, 11) is 1.53. The fraction of sp³-hybridized carbons (Fsp3) is 0.0400. The van der Waals surface area contributed by atoms with Gasteiger partial charge in [0.15, 0.2) is 11.3 Å². The van der Waals surface area contributed by atoms with Gasteiger partial charge in [-0.25, -0.2) is 4.79 Å². The molecule has 5 aromatic rings. The van der Waals surface area contributed by atoms with E-state index in [-0.39, 0.29) is 15.9 Å². The molecule has 0 saturated carbocycles. The Balaban J connectivity index is 1.87. The molecule has 0 bridgehead atoms. The Labute approximate surface area is 191 Å². The van der Waals surface area contributed by atoms with E-state index in [1.807, 2.05) is 18.2 Å². The summed E-state index contributed by atoms with van der Waals surface area (Å²) in [6, 6.07) is 20.9. The van der Waals surface area contributed by atoms with Gasteiger partial charge in [-0.2, -0.15) is 0 Å². The third kappa shape index (κ3) is 3.50. The number of benzene rings is 3. The van der Waals surface area contributed by atoms with E-state index in [4.69, 9.17) is 14.9 Å². The molecule has 0 aliphatic rings. The van der Waals surface area contributed by atoms with E-state index < -0.39 is 16.9 Å². The normalized spacial score (nSPS) is 11.2. The second-order valence-corrected chi connectivity index (χ2v) is 8.39. The summed E-state index contributed by atoms with van der Waals surface area (Å²) >= 11 is 1.01. The van der Waals surface area contributed by atoms with Crippen molar-refractivity contribution in [1.82, 2.24) is 4.57 Å². The number of aromatic nitrogens is 1. The maximum atomic E-state index is 13.7. The molecule has 5 rings (SSSR count). The van der Waals surface area contributed by atoms with E-state index in [1.54, 1.807) is 54.6 Å². The Hall–Kier alpha value is -4.17. The molecule has 3 aromatic carbocycles. The van der Waals surface area contributed by atoms with E-state index in [0.717, 1.165) is 11.8 Å². The Morgan fingerprint density at radius 1 is 1.00 bits per heavy atom. The predicted molar refractivity (Wildman–Crippen MR) is 129 cm³/mol. The molecule has 0 aliphatic carbocycles. The Morgan fingerprint density at radius 2 is 1.73 bits per heavy atom. The lowest BCUT2D eigenvalue weighted by atomic mass is 10.1. The highest BCUT2D eigenvalue weighted by Crippen LogP contribution is 2.38. The molecule has 2 heterocycles. The number of rotatable bonds is 4. The first kappa shape index (κ1) is 20.7. The fourth-order valence-electron chi connectivity index (χ4n) is 3.71. The first-order chi connectivity index (χ1) is 16.0. The van der Waals surface area contributed by atoms with Gasteiger partial charge in [0, 0.05) is 27.7 Å². The highest BCUT2D eigenvalue weighted by atomic mass is 32.2. The SMILES string of the molecule is COc1ccc2c3oc(=O)c(Sc4ccc(N)cc4)c(O)c3c(=O)n(-c3ccccc3)c2c1. The summed E-state index contributed by atoms with van der Waals surface area (Å²) < 4.78 is 12.4. The van der Waals surface area contributed by atoms with Crippen LogP contribution in [0.2, 0.25) is 0 Å². The molecule has 8 heteroatoms. The van der Waals surface area contributed by atoms with E-state index in [1.165, 1.54) is 11.7 Å². The lowest BCUT2D eigenvalue weighted by molar-refractivity contribution is 0.415. The summed E-state index contributed by atoms with van der Waals surface area (Å²) in [6.45, 7) is 0. The van der Waals surface area contributed by atoms with Crippen LogP contribution < -0.4 is 21.7 Å². The van der Waals surface area contributed by atoms with Gasteiger partial charge in [0.05, 0.1) is 12.6 Å². The van der Waals surface area contributed by atoms with Crippen LogP contribution in [0.25, 0.3) is 27.6 Å². The van der Waals surface area contributed by atoms with Crippen LogP contribution >= 0.6 is 11.8 Å². The van der Waals surface area contributed by atoms with Crippen LogP contribution in [0.4, 0.5) is 5.69 Å². The molecule has 2 aromatic heterocycles.